The predicted molar refractivity (Wildman–Crippen MR) is 50.4 cm³/mol. The van der Waals surface area contributed by atoms with Crippen molar-refractivity contribution in [1.29, 1.82) is 0 Å². The minimum atomic E-state index is 0.637. The van der Waals surface area contributed by atoms with Gasteiger partial charge in [-0.25, -0.2) is 0 Å². The van der Waals surface area contributed by atoms with E-state index in [9.17, 15) is 0 Å². The van der Waals surface area contributed by atoms with Crippen molar-refractivity contribution in [1.82, 2.24) is 0 Å². The van der Waals surface area contributed by atoms with Gasteiger partial charge in [0.25, 0.3) is 0 Å². The van der Waals surface area contributed by atoms with Gasteiger partial charge in [-0.15, -0.1) is 0 Å². The fourth-order valence-electron chi connectivity index (χ4n) is 1.47. The Balaban J connectivity index is 2.87. The molecule has 2 unspecified atom stereocenters. The summed E-state index contributed by atoms with van der Waals surface area (Å²) in [5, 5.41) is 0. The highest BCUT2D eigenvalue weighted by molar-refractivity contribution is 5.35. The number of rotatable bonds is 1. The van der Waals surface area contributed by atoms with E-state index in [2.05, 4.69) is 45.6 Å². The average molecular weight is 148 g/mol. The third-order valence-electron chi connectivity index (χ3n) is 2.46. The van der Waals surface area contributed by atoms with E-state index in [1.54, 1.807) is 0 Å². The van der Waals surface area contributed by atoms with Crippen LogP contribution in [0, 0.1) is 11.8 Å². The molecule has 1 aliphatic rings. The molecule has 0 heterocycles. The average Bonchev–Trinajstić information content (AvgIpc) is 1.94. The predicted octanol–water partition coefficient (Wildman–Crippen LogP) is 3.33. The van der Waals surface area contributed by atoms with Gasteiger partial charge in [-0.1, -0.05) is 44.2 Å². The van der Waals surface area contributed by atoms with Crippen molar-refractivity contribution in [3.8, 4) is 0 Å². The van der Waals surface area contributed by atoms with Crippen LogP contribution in [0.4, 0.5) is 0 Å². The van der Waals surface area contributed by atoms with Gasteiger partial charge in [0.05, 0.1) is 0 Å². The Morgan fingerprint density at radius 3 is 2.55 bits per heavy atom. The van der Waals surface area contributed by atoms with Crippen molar-refractivity contribution < 1.29 is 0 Å². The third kappa shape index (κ3) is 1.62. The highest BCUT2D eigenvalue weighted by Crippen LogP contribution is 2.29. The fourth-order valence-corrected chi connectivity index (χ4v) is 1.47. The smallest absolute Gasteiger partial charge is 0.0128 e. The standard InChI is InChI=1S/C11H16/c1-8(2)11-7-5-6-9(3)10(11)4/h5-7,9-10H,1H2,2-4H3. The summed E-state index contributed by atoms with van der Waals surface area (Å²) in [5.74, 6) is 1.30. The topological polar surface area (TPSA) is 0 Å². The quantitative estimate of drug-likeness (QED) is 0.535. The molecule has 0 saturated carbocycles. The van der Waals surface area contributed by atoms with Gasteiger partial charge in [-0.3, -0.25) is 0 Å². The van der Waals surface area contributed by atoms with Crippen LogP contribution in [0.3, 0.4) is 0 Å². The van der Waals surface area contributed by atoms with Gasteiger partial charge < -0.3 is 0 Å². The van der Waals surface area contributed by atoms with Crippen LogP contribution in [0.25, 0.3) is 0 Å². The molecule has 0 saturated heterocycles. The molecule has 1 aliphatic carbocycles. The summed E-state index contributed by atoms with van der Waals surface area (Å²) in [5.41, 5.74) is 2.61. The number of hydrogen-bond acceptors (Lipinski definition) is 0. The summed E-state index contributed by atoms with van der Waals surface area (Å²) < 4.78 is 0. The zero-order valence-electron chi connectivity index (χ0n) is 7.59. The molecular weight excluding hydrogens is 132 g/mol. The lowest BCUT2D eigenvalue weighted by molar-refractivity contribution is 0.528. The number of allylic oxidation sites excluding steroid dienone is 5. The van der Waals surface area contributed by atoms with E-state index >= 15 is 0 Å². The van der Waals surface area contributed by atoms with E-state index in [4.69, 9.17) is 0 Å². The van der Waals surface area contributed by atoms with Crippen molar-refractivity contribution in [2.24, 2.45) is 11.8 Å². The Bertz CT molecular complexity index is 218. The van der Waals surface area contributed by atoms with E-state index in [0.717, 1.165) is 0 Å². The molecule has 1 rings (SSSR count). The Morgan fingerprint density at radius 1 is 1.45 bits per heavy atom. The SMILES string of the molecule is C=C(C)C1=CC=CC(C)C1C. The van der Waals surface area contributed by atoms with Crippen molar-refractivity contribution in [3.63, 3.8) is 0 Å². The minimum Gasteiger partial charge on any atom is -0.0958 e. The largest absolute Gasteiger partial charge is 0.0958 e. The Morgan fingerprint density at radius 2 is 2.09 bits per heavy atom. The maximum atomic E-state index is 3.96. The lowest BCUT2D eigenvalue weighted by atomic mass is 9.82. The van der Waals surface area contributed by atoms with Crippen molar-refractivity contribution >= 4 is 0 Å². The monoisotopic (exact) mass is 148 g/mol. The van der Waals surface area contributed by atoms with Gasteiger partial charge in [-0.2, -0.15) is 0 Å². The summed E-state index contributed by atoms with van der Waals surface area (Å²) >= 11 is 0. The first-order valence-corrected chi connectivity index (χ1v) is 4.17. The molecule has 0 bridgehead atoms. The summed E-state index contributed by atoms with van der Waals surface area (Å²) in [6.07, 6.45) is 6.55. The van der Waals surface area contributed by atoms with Crippen LogP contribution < -0.4 is 0 Å². The van der Waals surface area contributed by atoms with Gasteiger partial charge in [0, 0.05) is 0 Å². The summed E-state index contributed by atoms with van der Waals surface area (Å²) in [4.78, 5) is 0. The molecule has 0 fully saturated rings. The number of hydrogen-bond donors (Lipinski definition) is 0. The Labute approximate surface area is 69.3 Å². The highest BCUT2D eigenvalue weighted by atomic mass is 14.2. The third-order valence-corrected chi connectivity index (χ3v) is 2.46. The molecule has 60 valence electrons. The van der Waals surface area contributed by atoms with Crippen molar-refractivity contribution in [2.75, 3.05) is 0 Å². The van der Waals surface area contributed by atoms with Crippen LogP contribution in [0.5, 0.6) is 0 Å². The molecule has 0 N–H and O–H groups in total. The van der Waals surface area contributed by atoms with E-state index in [1.807, 2.05) is 0 Å². The van der Waals surface area contributed by atoms with Crippen LogP contribution in [-0.4, -0.2) is 0 Å². The van der Waals surface area contributed by atoms with Crippen LogP contribution in [0.2, 0.25) is 0 Å². The second kappa shape index (κ2) is 3.08. The molecule has 0 aliphatic heterocycles. The van der Waals surface area contributed by atoms with Gasteiger partial charge in [0.2, 0.25) is 0 Å². The van der Waals surface area contributed by atoms with E-state index < -0.39 is 0 Å². The Kier molecular flexibility index (Phi) is 2.33. The molecule has 0 amide bonds. The Hall–Kier alpha value is -0.780. The molecule has 0 heteroatoms. The lowest BCUT2D eigenvalue weighted by Crippen LogP contribution is -2.11. The first kappa shape index (κ1) is 8.32. The molecule has 0 aromatic rings. The molecule has 0 aromatic heterocycles. The second-order valence-electron chi connectivity index (χ2n) is 3.44. The van der Waals surface area contributed by atoms with Gasteiger partial charge >= 0.3 is 0 Å². The van der Waals surface area contributed by atoms with Crippen LogP contribution in [-0.2, 0) is 0 Å². The summed E-state index contributed by atoms with van der Waals surface area (Å²) in [7, 11) is 0. The van der Waals surface area contributed by atoms with Gasteiger partial charge in [0.1, 0.15) is 0 Å². The maximum absolute atomic E-state index is 3.96. The first-order chi connectivity index (χ1) is 5.13. The molecule has 0 nitrogen and oxygen atoms in total. The summed E-state index contributed by atoms with van der Waals surface area (Å²) in [6, 6.07) is 0. The zero-order valence-corrected chi connectivity index (χ0v) is 7.59. The zero-order chi connectivity index (χ0) is 8.43. The van der Waals surface area contributed by atoms with Gasteiger partial charge in [0.15, 0.2) is 0 Å². The molecule has 2 atom stereocenters. The normalized spacial score (nSPS) is 29.9. The molecule has 0 aromatic carbocycles. The molecule has 0 radical (unpaired) electrons. The van der Waals surface area contributed by atoms with Gasteiger partial charge in [-0.05, 0) is 24.3 Å². The highest BCUT2D eigenvalue weighted by Gasteiger charge is 2.16. The first-order valence-electron chi connectivity index (χ1n) is 4.17. The van der Waals surface area contributed by atoms with Crippen molar-refractivity contribution in [2.45, 2.75) is 20.8 Å². The fraction of sp³-hybridized carbons (Fsp3) is 0.455. The lowest BCUT2D eigenvalue weighted by Gasteiger charge is -2.23. The van der Waals surface area contributed by atoms with Crippen LogP contribution in [0.1, 0.15) is 20.8 Å². The summed E-state index contributed by atoms with van der Waals surface area (Å²) in [6.45, 7) is 10.5. The van der Waals surface area contributed by atoms with Crippen molar-refractivity contribution in [3.05, 3.63) is 36.0 Å². The van der Waals surface area contributed by atoms with E-state index in [-0.39, 0.29) is 0 Å². The molecular formula is C11H16. The van der Waals surface area contributed by atoms with E-state index in [0.29, 0.717) is 11.8 Å². The molecule has 11 heavy (non-hydrogen) atoms. The maximum Gasteiger partial charge on any atom is -0.0128 e. The van der Waals surface area contributed by atoms with Crippen LogP contribution >= 0.6 is 0 Å². The second-order valence-corrected chi connectivity index (χ2v) is 3.44. The van der Waals surface area contributed by atoms with Crippen LogP contribution in [0.15, 0.2) is 36.0 Å². The van der Waals surface area contributed by atoms with E-state index in [1.165, 1.54) is 11.1 Å². The minimum absolute atomic E-state index is 0.637. The molecule has 0 spiro atoms.